The Morgan fingerprint density at radius 2 is 2.00 bits per heavy atom. The molecule has 0 aromatic rings. The second kappa shape index (κ2) is 6.37. The molecule has 1 aliphatic carbocycles. The van der Waals surface area contributed by atoms with Gasteiger partial charge in [-0.25, -0.2) is 0 Å². The van der Waals surface area contributed by atoms with Gasteiger partial charge in [0.25, 0.3) is 0 Å². The minimum atomic E-state index is -0.613. The van der Waals surface area contributed by atoms with Crippen LogP contribution in [-0.4, -0.2) is 47.9 Å². The van der Waals surface area contributed by atoms with E-state index in [0.717, 1.165) is 12.8 Å². The monoisotopic (exact) mass is 256 g/mol. The number of nitrogens with zero attached hydrogens (tertiary/aromatic N) is 1. The molecule has 0 radical (unpaired) electrons. The van der Waals surface area contributed by atoms with Gasteiger partial charge in [0.1, 0.15) is 12.6 Å². The summed E-state index contributed by atoms with van der Waals surface area (Å²) < 4.78 is 4.84. The number of hydrogen-bond acceptors (Lipinski definition) is 4. The Labute approximate surface area is 107 Å². The van der Waals surface area contributed by atoms with E-state index in [2.05, 4.69) is 5.32 Å². The Balaban J connectivity index is 2.58. The van der Waals surface area contributed by atoms with Crippen LogP contribution in [0.1, 0.15) is 33.6 Å². The quantitative estimate of drug-likeness (QED) is 0.682. The van der Waals surface area contributed by atoms with Crippen molar-refractivity contribution in [3.63, 3.8) is 0 Å². The molecule has 2 amide bonds. The van der Waals surface area contributed by atoms with Crippen LogP contribution in [-0.2, 0) is 19.1 Å². The highest BCUT2D eigenvalue weighted by Gasteiger charge is 2.36. The molecule has 0 aromatic heterocycles. The standard InChI is InChI=1S/C12H20N2O4/c1-4-18-11(16)7-14(10-5-6-10)12(17)8(2)13-9(3)15/h8,10H,4-7H2,1-3H3,(H,13,15). The first kappa shape index (κ1) is 14.5. The fourth-order valence-electron chi connectivity index (χ4n) is 1.73. The summed E-state index contributed by atoms with van der Waals surface area (Å²) in [6, 6.07) is -0.504. The average Bonchev–Trinajstić information content (AvgIpc) is 3.08. The number of nitrogens with one attached hydrogen (secondary N) is 1. The van der Waals surface area contributed by atoms with Gasteiger partial charge in [-0.05, 0) is 26.7 Å². The Bertz CT molecular complexity index is 339. The molecule has 1 atom stereocenters. The zero-order chi connectivity index (χ0) is 13.7. The molecule has 1 fully saturated rings. The van der Waals surface area contributed by atoms with E-state index < -0.39 is 12.0 Å². The number of carbonyl (C=O) groups excluding carboxylic acids is 3. The van der Waals surface area contributed by atoms with Crippen molar-refractivity contribution < 1.29 is 19.1 Å². The Kier molecular flexibility index (Phi) is 5.12. The van der Waals surface area contributed by atoms with Crippen molar-refractivity contribution in [1.82, 2.24) is 10.2 Å². The van der Waals surface area contributed by atoms with Crippen LogP contribution in [0.15, 0.2) is 0 Å². The van der Waals surface area contributed by atoms with Crippen molar-refractivity contribution >= 4 is 17.8 Å². The van der Waals surface area contributed by atoms with E-state index in [-0.39, 0.29) is 24.4 Å². The highest BCUT2D eigenvalue weighted by molar-refractivity contribution is 5.89. The number of hydrogen-bond donors (Lipinski definition) is 1. The third kappa shape index (κ3) is 4.35. The van der Waals surface area contributed by atoms with E-state index >= 15 is 0 Å². The molecular formula is C12H20N2O4. The summed E-state index contributed by atoms with van der Waals surface area (Å²) in [5.74, 6) is -0.906. The molecule has 102 valence electrons. The Morgan fingerprint density at radius 3 is 2.44 bits per heavy atom. The van der Waals surface area contributed by atoms with E-state index in [9.17, 15) is 14.4 Å². The van der Waals surface area contributed by atoms with Crippen molar-refractivity contribution in [2.75, 3.05) is 13.2 Å². The van der Waals surface area contributed by atoms with Crippen molar-refractivity contribution in [2.24, 2.45) is 0 Å². The third-order valence-corrected chi connectivity index (χ3v) is 2.67. The minimum absolute atomic E-state index is 0.0404. The molecule has 6 heteroatoms. The fraction of sp³-hybridized carbons (Fsp3) is 0.750. The molecule has 6 nitrogen and oxygen atoms in total. The van der Waals surface area contributed by atoms with Gasteiger partial charge in [-0.3, -0.25) is 14.4 Å². The molecule has 0 bridgehead atoms. The van der Waals surface area contributed by atoms with Crippen molar-refractivity contribution in [2.45, 2.75) is 45.7 Å². The highest BCUT2D eigenvalue weighted by Crippen LogP contribution is 2.27. The maximum absolute atomic E-state index is 12.1. The normalized spacial score (nSPS) is 15.7. The topological polar surface area (TPSA) is 75.7 Å². The van der Waals surface area contributed by atoms with Gasteiger partial charge in [-0.1, -0.05) is 0 Å². The number of ether oxygens (including phenoxy) is 1. The van der Waals surface area contributed by atoms with Crippen molar-refractivity contribution in [3.05, 3.63) is 0 Å². The second-order valence-corrected chi connectivity index (χ2v) is 4.42. The fourth-order valence-corrected chi connectivity index (χ4v) is 1.73. The predicted octanol–water partition coefficient (Wildman–Crippen LogP) is 0.0651. The van der Waals surface area contributed by atoms with Crippen molar-refractivity contribution in [3.8, 4) is 0 Å². The summed E-state index contributed by atoms with van der Waals surface area (Å²) in [5.41, 5.74) is 0. The lowest BCUT2D eigenvalue weighted by atomic mass is 10.2. The number of esters is 1. The van der Waals surface area contributed by atoms with E-state index in [0.29, 0.717) is 6.61 Å². The summed E-state index contributed by atoms with van der Waals surface area (Å²) in [6.45, 7) is 4.95. The van der Waals surface area contributed by atoms with Crippen LogP contribution in [0.4, 0.5) is 0 Å². The van der Waals surface area contributed by atoms with E-state index in [1.807, 2.05) is 0 Å². The largest absolute Gasteiger partial charge is 0.465 e. The van der Waals surface area contributed by atoms with Crippen LogP contribution < -0.4 is 5.32 Å². The van der Waals surface area contributed by atoms with Crippen LogP contribution in [0.5, 0.6) is 0 Å². The second-order valence-electron chi connectivity index (χ2n) is 4.42. The van der Waals surface area contributed by atoms with E-state index in [1.54, 1.807) is 13.8 Å². The lowest BCUT2D eigenvalue weighted by Crippen LogP contribution is -2.49. The van der Waals surface area contributed by atoms with Crippen LogP contribution in [0.2, 0.25) is 0 Å². The minimum Gasteiger partial charge on any atom is -0.465 e. The molecule has 1 N–H and O–H groups in total. The smallest absolute Gasteiger partial charge is 0.325 e. The summed E-state index contributed by atoms with van der Waals surface area (Å²) >= 11 is 0. The summed E-state index contributed by atoms with van der Waals surface area (Å²) in [4.78, 5) is 36.0. The van der Waals surface area contributed by atoms with Crippen LogP contribution in [0, 0.1) is 0 Å². The van der Waals surface area contributed by atoms with Gasteiger partial charge in [-0.15, -0.1) is 0 Å². The van der Waals surface area contributed by atoms with Gasteiger partial charge in [-0.2, -0.15) is 0 Å². The number of rotatable bonds is 6. The highest BCUT2D eigenvalue weighted by atomic mass is 16.5. The molecule has 0 aliphatic heterocycles. The Hall–Kier alpha value is -1.59. The lowest BCUT2D eigenvalue weighted by molar-refractivity contribution is -0.150. The summed E-state index contributed by atoms with van der Waals surface area (Å²) in [5, 5.41) is 2.53. The molecule has 18 heavy (non-hydrogen) atoms. The maximum atomic E-state index is 12.1. The number of carbonyl (C=O) groups is 3. The van der Waals surface area contributed by atoms with Gasteiger partial charge in [0.2, 0.25) is 11.8 Å². The summed E-state index contributed by atoms with van der Waals surface area (Å²) in [6.07, 6.45) is 1.80. The van der Waals surface area contributed by atoms with Gasteiger partial charge in [0, 0.05) is 13.0 Å². The third-order valence-electron chi connectivity index (χ3n) is 2.67. The zero-order valence-electron chi connectivity index (χ0n) is 11.1. The predicted molar refractivity (Wildman–Crippen MR) is 64.6 cm³/mol. The van der Waals surface area contributed by atoms with Gasteiger partial charge in [0.05, 0.1) is 6.61 Å². The molecule has 1 aliphatic rings. The SMILES string of the molecule is CCOC(=O)CN(C(=O)C(C)NC(C)=O)C1CC1. The first-order chi connectivity index (χ1) is 8.45. The number of amides is 2. The van der Waals surface area contributed by atoms with Crippen LogP contribution in [0.25, 0.3) is 0 Å². The molecule has 1 unspecified atom stereocenters. The zero-order valence-corrected chi connectivity index (χ0v) is 11.1. The van der Waals surface area contributed by atoms with E-state index in [1.165, 1.54) is 11.8 Å². The van der Waals surface area contributed by atoms with Gasteiger partial charge >= 0.3 is 5.97 Å². The first-order valence-corrected chi connectivity index (χ1v) is 6.19. The van der Waals surface area contributed by atoms with Gasteiger partial charge < -0.3 is 15.0 Å². The van der Waals surface area contributed by atoms with Gasteiger partial charge in [0.15, 0.2) is 0 Å². The maximum Gasteiger partial charge on any atom is 0.325 e. The summed E-state index contributed by atoms with van der Waals surface area (Å²) in [7, 11) is 0. The molecule has 0 spiro atoms. The molecule has 0 heterocycles. The lowest BCUT2D eigenvalue weighted by Gasteiger charge is -2.25. The first-order valence-electron chi connectivity index (χ1n) is 6.19. The average molecular weight is 256 g/mol. The molecule has 1 saturated carbocycles. The molecule has 0 saturated heterocycles. The van der Waals surface area contributed by atoms with Crippen LogP contribution in [0.3, 0.4) is 0 Å². The Morgan fingerprint density at radius 1 is 1.39 bits per heavy atom. The van der Waals surface area contributed by atoms with Crippen LogP contribution >= 0.6 is 0 Å². The van der Waals surface area contributed by atoms with E-state index in [4.69, 9.17) is 4.74 Å². The van der Waals surface area contributed by atoms with Crippen molar-refractivity contribution in [1.29, 1.82) is 0 Å². The molecular weight excluding hydrogens is 236 g/mol. The molecule has 0 aromatic carbocycles. The molecule has 1 rings (SSSR count).